The third-order valence-electron chi connectivity index (χ3n) is 4.63. The molecule has 1 aromatic carbocycles. The number of nitrogen functional groups attached to an aromatic ring is 1. The molecule has 1 unspecified atom stereocenters. The van der Waals surface area contributed by atoms with Crippen molar-refractivity contribution in [3.8, 4) is 28.4 Å². The fourth-order valence-electron chi connectivity index (χ4n) is 3.27. The standard InChI is InChI=1S/C20H19N5O3S/c1-12-5-6-13(11-29(26)27)8-15(12)17-9-23-19-18(21)24-16(10-25(17)19)14-4-3-7-22-20(14)28-2/h3-10H,11H2,1-2H3,(H2,21,24)(H,26,27). The van der Waals surface area contributed by atoms with Crippen LogP contribution in [0.15, 0.2) is 48.9 Å². The summed E-state index contributed by atoms with van der Waals surface area (Å²) in [7, 11) is 1.55. The molecule has 0 bridgehead atoms. The first-order valence-corrected chi connectivity index (χ1v) is 10.1. The van der Waals surface area contributed by atoms with Crippen LogP contribution < -0.4 is 10.5 Å². The Kier molecular flexibility index (Phi) is 4.99. The fourth-order valence-corrected chi connectivity index (χ4v) is 3.73. The molecule has 0 aliphatic carbocycles. The minimum atomic E-state index is -1.91. The number of nitrogens with zero attached hydrogens (tertiary/aromatic N) is 4. The van der Waals surface area contributed by atoms with Crippen LogP contribution >= 0.6 is 0 Å². The van der Waals surface area contributed by atoms with Gasteiger partial charge in [0, 0.05) is 18.0 Å². The molecule has 0 aliphatic rings. The molecule has 0 saturated heterocycles. The molecule has 4 rings (SSSR count). The van der Waals surface area contributed by atoms with Crippen molar-refractivity contribution in [2.45, 2.75) is 12.7 Å². The average molecular weight is 409 g/mol. The quantitative estimate of drug-likeness (QED) is 0.487. The van der Waals surface area contributed by atoms with Gasteiger partial charge >= 0.3 is 0 Å². The minimum absolute atomic E-state index is 0.0614. The van der Waals surface area contributed by atoms with Crippen LogP contribution in [0.4, 0.5) is 5.82 Å². The van der Waals surface area contributed by atoms with Gasteiger partial charge in [-0.2, -0.15) is 0 Å². The lowest BCUT2D eigenvalue weighted by atomic mass is 10.0. The molecule has 0 aliphatic heterocycles. The zero-order chi connectivity index (χ0) is 20.5. The number of imidazole rings is 1. The summed E-state index contributed by atoms with van der Waals surface area (Å²) in [6.45, 7) is 1.98. The number of methoxy groups -OCH3 is 1. The maximum atomic E-state index is 11.2. The first-order valence-electron chi connectivity index (χ1n) is 8.78. The van der Waals surface area contributed by atoms with Gasteiger partial charge in [-0.3, -0.25) is 4.40 Å². The number of ether oxygens (including phenoxy) is 1. The van der Waals surface area contributed by atoms with Gasteiger partial charge in [-0.25, -0.2) is 19.2 Å². The number of anilines is 1. The lowest BCUT2D eigenvalue weighted by Crippen LogP contribution is -2.02. The van der Waals surface area contributed by atoms with Crippen LogP contribution in [0.3, 0.4) is 0 Å². The normalized spacial score (nSPS) is 12.2. The molecule has 1 atom stereocenters. The van der Waals surface area contributed by atoms with E-state index in [2.05, 4.69) is 15.0 Å². The lowest BCUT2D eigenvalue weighted by Gasteiger charge is -2.11. The molecule has 0 fully saturated rings. The first-order chi connectivity index (χ1) is 14.0. The summed E-state index contributed by atoms with van der Waals surface area (Å²) in [4.78, 5) is 13.1. The van der Waals surface area contributed by atoms with Crippen LogP contribution in [0.2, 0.25) is 0 Å². The second kappa shape index (κ2) is 7.61. The molecule has 0 spiro atoms. The van der Waals surface area contributed by atoms with Crippen molar-refractivity contribution < 1.29 is 13.5 Å². The SMILES string of the molecule is COc1ncccc1-c1cn2c(-c3cc(CS(=O)O)ccc3C)cnc2c(N)n1. The van der Waals surface area contributed by atoms with Gasteiger partial charge in [-0.1, -0.05) is 12.1 Å². The minimum Gasteiger partial charge on any atom is -0.481 e. The van der Waals surface area contributed by atoms with Gasteiger partial charge in [0.05, 0.1) is 36.0 Å². The van der Waals surface area contributed by atoms with E-state index in [1.807, 2.05) is 41.8 Å². The Bertz CT molecular complexity index is 1240. The molecule has 0 amide bonds. The smallest absolute Gasteiger partial charge is 0.222 e. The molecule has 0 radical (unpaired) electrons. The largest absolute Gasteiger partial charge is 0.481 e. The van der Waals surface area contributed by atoms with Crippen LogP contribution in [0, 0.1) is 6.92 Å². The van der Waals surface area contributed by atoms with Gasteiger partial charge in [-0.15, -0.1) is 0 Å². The zero-order valence-corrected chi connectivity index (χ0v) is 16.7. The van der Waals surface area contributed by atoms with E-state index in [4.69, 9.17) is 10.5 Å². The van der Waals surface area contributed by atoms with E-state index in [1.165, 1.54) is 0 Å². The number of hydrogen-bond donors (Lipinski definition) is 2. The fraction of sp³-hybridized carbons (Fsp3) is 0.150. The molecule has 3 heterocycles. The van der Waals surface area contributed by atoms with Crippen LogP contribution in [0.5, 0.6) is 5.88 Å². The number of aryl methyl sites for hydroxylation is 1. The summed E-state index contributed by atoms with van der Waals surface area (Å²) in [5.74, 6) is 0.792. The predicted molar refractivity (Wildman–Crippen MR) is 112 cm³/mol. The number of benzene rings is 1. The Morgan fingerprint density at radius 1 is 1.24 bits per heavy atom. The number of fused-ring (bicyclic) bond motifs is 1. The van der Waals surface area contributed by atoms with E-state index < -0.39 is 11.1 Å². The molecule has 29 heavy (non-hydrogen) atoms. The van der Waals surface area contributed by atoms with E-state index in [-0.39, 0.29) is 11.6 Å². The monoisotopic (exact) mass is 409 g/mol. The van der Waals surface area contributed by atoms with Crippen LogP contribution in [-0.2, 0) is 16.8 Å². The van der Waals surface area contributed by atoms with Gasteiger partial charge in [0.25, 0.3) is 0 Å². The molecule has 4 aromatic rings. The summed E-state index contributed by atoms with van der Waals surface area (Å²) in [6, 6.07) is 9.33. The van der Waals surface area contributed by atoms with Gasteiger partial charge in [0.15, 0.2) is 22.5 Å². The Balaban J connectivity index is 1.92. The van der Waals surface area contributed by atoms with Gasteiger partial charge in [0.2, 0.25) is 5.88 Å². The molecule has 3 N–H and O–H groups in total. The first kappa shape index (κ1) is 19.0. The molecule has 0 saturated carbocycles. The highest BCUT2D eigenvalue weighted by atomic mass is 32.2. The van der Waals surface area contributed by atoms with Crippen molar-refractivity contribution in [2.24, 2.45) is 0 Å². The summed E-state index contributed by atoms with van der Waals surface area (Å²) >= 11 is -1.91. The van der Waals surface area contributed by atoms with Crippen LogP contribution in [-0.4, -0.2) is 35.2 Å². The maximum absolute atomic E-state index is 11.2. The Labute approximate surface area is 169 Å². The molecule has 3 aromatic heterocycles. The lowest BCUT2D eigenvalue weighted by molar-refractivity contribution is 0.399. The van der Waals surface area contributed by atoms with Crippen molar-refractivity contribution in [3.63, 3.8) is 0 Å². The molecule has 9 heteroatoms. The van der Waals surface area contributed by atoms with E-state index in [1.54, 1.807) is 25.6 Å². The molecule has 8 nitrogen and oxygen atoms in total. The Hall–Kier alpha value is -3.30. The highest BCUT2D eigenvalue weighted by molar-refractivity contribution is 7.78. The number of pyridine rings is 1. The van der Waals surface area contributed by atoms with Crippen molar-refractivity contribution in [1.82, 2.24) is 19.4 Å². The second-order valence-corrected chi connectivity index (χ2v) is 7.46. The van der Waals surface area contributed by atoms with Gasteiger partial charge < -0.3 is 15.0 Å². The van der Waals surface area contributed by atoms with E-state index >= 15 is 0 Å². The topological polar surface area (TPSA) is 116 Å². The van der Waals surface area contributed by atoms with Crippen LogP contribution in [0.1, 0.15) is 11.1 Å². The summed E-state index contributed by atoms with van der Waals surface area (Å²) < 4.78 is 27.7. The Morgan fingerprint density at radius 3 is 2.83 bits per heavy atom. The number of rotatable bonds is 5. The van der Waals surface area contributed by atoms with Crippen molar-refractivity contribution in [2.75, 3.05) is 12.8 Å². The average Bonchev–Trinajstić information content (AvgIpc) is 3.13. The summed E-state index contributed by atoms with van der Waals surface area (Å²) in [5, 5.41) is 0. The van der Waals surface area contributed by atoms with Crippen LogP contribution in [0.25, 0.3) is 28.2 Å². The Morgan fingerprint density at radius 2 is 2.07 bits per heavy atom. The van der Waals surface area contributed by atoms with Gasteiger partial charge in [0.1, 0.15) is 0 Å². The van der Waals surface area contributed by atoms with Crippen molar-refractivity contribution in [1.29, 1.82) is 0 Å². The van der Waals surface area contributed by atoms with Crippen molar-refractivity contribution >= 4 is 22.5 Å². The third kappa shape index (κ3) is 3.57. The molecule has 148 valence electrons. The van der Waals surface area contributed by atoms with Crippen molar-refractivity contribution in [3.05, 3.63) is 60.0 Å². The van der Waals surface area contributed by atoms with E-state index in [9.17, 15) is 8.76 Å². The summed E-state index contributed by atoms with van der Waals surface area (Å²) in [5.41, 5.74) is 11.5. The van der Waals surface area contributed by atoms with E-state index in [0.29, 0.717) is 22.8 Å². The number of nitrogens with two attached hydrogens (primary N) is 1. The third-order valence-corrected chi connectivity index (χ3v) is 5.21. The molecular formula is C20H19N5O3S. The maximum Gasteiger partial charge on any atom is 0.222 e. The zero-order valence-electron chi connectivity index (χ0n) is 15.9. The number of hydrogen-bond acceptors (Lipinski definition) is 6. The van der Waals surface area contributed by atoms with Gasteiger partial charge in [-0.05, 0) is 36.2 Å². The highest BCUT2D eigenvalue weighted by Crippen LogP contribution is 2.31. The predicted octanol–water partition coefficient (Wildman–Crippen LogP) is 3.08. The second-order valence-electron chi connectivity index (χ2n) is 6.52. The summed E-state index contributed by atoms with van der Waals surface area (Å²) in [6.07, 6.45) is 5.20. The highest BCUT2D eigenvalue weighted by Gasteiger charge is 2.16. The van der Waals surface area contributed by atoms with E-state index in [0.717, 1.165) is 22.4 Å². The number of aromatic nitrogens is 4. The molecular weight excluding hydrogens is 390 g/mol.